The van der Waals surface area contributed by atoms with Crippen molar-refractivity contribution < 1.29 is 23.8 Å². The van der Waals surface area contributed by atoms with E-state index in [0.717, 1.165) is 11.8 Å². The average Bonchev–Trinajstić information content (AvgIpc) is 2.71. The molecule has 5 nitrogen and oxygen atoms in total. The summed E-state index contributed by atoms with van der Waals surface area (Å²) in [5.41, 5.74) is 1.29. The number of benzene rings is 1. The molecule has 20 heavy (non-hydrogen) atoms. The fourth-order valence-electron chi connectivity index (χ4n) is 2.30. The summed E-state index contributed by atoms with van der Waals surface area (Å²) in [4.78, 5) is 22.1. The molecule has 1 fully saturated rings. The van der Waals surface area contributed by atoms with Crippen LogP contribution in [0.1, 0.15) is 42.8 Å². The van der Waals surface area contributed by atoms with Crippen LogP contribution in [0.15, 0.2) is 24.3 Å². The zero-order valence-electron chi connectivity index (χ0n) is 11.8. The Labute approximate surface area is 117 Å². The van der Waals surface area contributed by atoms with Crippen LogP contribution in [0.3, 0.4) is 0 Å². The maximum absolute atomic E-state index is 11.1. The predicted octanol–water partition coefficient (Wildman–Crippen LogP) is 2.25. The van der Waals surface area contributed by atoms with E-state index >= 15 is 0 Å². The third kappa shape index (κ3) is 3.23. The second-order valence-electron chi connectivity index (χ2n) is 5.14. The van der Waals surface area contributed by atoms with Crippen LogP contribution >= 0.6 is 0 Å². The highest BCUT2D eigenvalue weighted by molar-refractivity contribution is 5.77. The zero-order chi connectivity index (χ0) is 14.8. The van der Waals surface area contributed by atoms with Crippen LogP contribution in [0.25, 0.3) is 0 Å². The van der Waals surface area contributed by atoms with Crippen LogP contribution in [0.2, 0.25) is 0 Å². The summed E-state index contributed by atoms with van der Waals surface area (Å²) < 4.78 is 16.6. The second kappa shape index (κ2) is 5.73. The molecular formula is C15H18O5. The average molecular weight is 278 g/mol. The lowest BCUT2D eigenvalue weighted by Gasteiger charge is -2.18. The van der Waals surface area contributed by atoms with Gasteiger partial charge in [-0.15, -0.1) is 0 Å². The maximum atomic E-state index is 11.1. The minimum absolute atomic E-state index is 0.0939. The van der Waals surface area contributed by atoms with Gasteiger partial charge in [0.1, 0.15) is 25.1 Å². The topological polar surface area (TPSA) is 61.8 Å². The van der Waals surface area contributed by atoms with Gasteiger partial charge in [0.05, 0.1) is 0 Å². The maximum Gasteiger partial charge on any atom is 0.302 e. The highest BCUT2D eigenvalue weighted by Crippen LogP contribution is 2.39. The van der Waals surface area contributed by atoms with Crippen LogP contribution in [0.5, 0.6) is 0 Å². The van der Waals surface area contributed by atoms with Crippen molar-refractivity contribution in [3.8, 4) is 0 Å². The Morgan fingerprint density at radius 3 is 2.70 bits per heavy atom. The summed E-state index contributed by atoms with van der Waals surface area (Å²) >= 11 is 0. The fraction of sp³-hybridized carbons (Fsp3) is 0.467. The third-order valence-electron chi connectivity index (χ3n) is 3.06. The molecule has 1 saturated heterocycles. The molecule has 1 aliphatic heterocycles. The molecule has 0 bridgehead atoms. The van der Waals surface area contributed by atoms with Gasteiger partial charge in [0, 0.05) is 12.5 Å². The van der Waals surface area contributed by atoms with Gasteiger partial charge in [-0.1, -0.05) is 24.3 Å². The van der Waals surface area contributed by atoms with E-state index in [1.54, 1.807) is 26.0 Å². The van der Waals surface area contributed by atoms with Crippen LogP contribution in [0.4, 0.5) is 0 Å². The summed E-state index contributed by atoms with van der Waals surface area (Å²) in [7, 11) is 0. The Balaban J connectivity index is 2.26. The first-order chi connectivity index (χ1) is 9.43. The number of aldehydes is 1. The summed E-state index contributed by atoms with van der Waals surface area (Å²) in [6, 6.07) is 7.16. The first-order valence-electron chi connectivity index (χ1n) is 6.46. The summed E-state index contributed by atoms with van der Waals surface area (Å²) in [5, 5.41) is 0. The molecule has 5 heteroatoms. The Bertz CT molecular complexity index is 509. The molecule has 0 aliphatic carbocycles. The van der Waals surface area contributed by atoms with Crippen molar-refractivity contribution in [2.45, 2.75) is 38.8 Å². The standard InChI is InChI=1S/C15H18O5/c1-10(17)18-9-13-14(20-15(2,3)19-13)12-7-5-4-6-11(12)8-16/h4-8,13-14H,9H2,1-3H3/t13-,14+/m0/s1. The lowest BCUT2D eigenvalue weighted by molar-refractivity contribution is -0.158. The molecule has 0 N–H and O–H groups in total. The lowest BCUT2D eigenvalue weighted by atomic mass is 10.00. The minimum atomic E-state index is -0.786. The Kier molecular flexibility index (Phi) is 4.20. The molecule has 1 aromatic rings. The zero-order valence-corrected chi connectivity index (χ0v) is 11.8. The van der Waals surface area contributed by atoms with Gasteiger partial charge in [0.15, 0.2) is 5.79 Å². The summed E-state index contributed by atoms with van der Waals surface area (Å²) in [6.07, 6.45) is -0.0897. The molecule has 1 aromatic carbocycles. The van der Waals surface area contributed by atoms with Crippen molar-refractivity contribution in [1.82, 2.24) is 0 Å². The number of hydrogen-bond donors (Lipinski definition) is 0. The molecule has 0 aromatic heterocycles. The Hall–Kier alpha value is -1.72. The monoisotopic (exact) mass is 278 g/mol. The van der Waals surface area contributed by atoms with Crippen LogP contribution < -0.4 is 0 Å². The van der Waals surface area contributed by atoms with Gasteiger partial charge in [0.2, 0.25) is 0 Å². The number of hydrogen-bond acceptors (Lipinski definition) is 5. The van der Waals surface area contributed by atoms with Crippen molar-refractivity contribution >= 4 is 12.3 Å². The molecule has 1 heterocycles. The highest BCUT2D eigenvalue weighted by atomic mass is 16.8. The first-order valence-corrected chi connectivity index (χ1v) is 6.46. The van der Waals surface area contributed by atoms with E-state index in [0.29, 0.717) is 5.56 Å². The molecule has 2 rings (SSSR count). The molecule has 0 saturated carbocycles. The number of esters is 1. The molecular weight excluding hydrogens is 260 g/mol. The van der Waals surface area contributed by atoms with Crippen molar-refractivity contribution in [3.05, 3.63) is 35.4 Å². The number of carbonyl (C=O) groups is 2. The van der Waals surface area contributed by atoms with Gasteiger partial charge in [-0.05, 0) is 19.4 Å². The van der Waals surface area contributed by atoms with Gasteiger partial charge in [-0.3, -0.25) is 9.59 Å². The van der Waals surface area contributed by atoms with Crippen molar-refractivity contribution in [1.29, 1.82) is 0 Å². The number of ether oxygens (including phenoxy) is 3. The predicted molar refractivity (Wildman–Crippen MR) is 71.2 cm³/mol. The lowest BCUT2D eigenvalue weighted by Crippen LogP contribution is -2.25. The third-order valence-corrected chi connectivity index (χ3v) is 3.06. The SMILES string of the molecule is CC(=O)OC[C@@H]1OC(C)(C)O[C@@H]1c1ccccc1C=O. The van der Waals surface area contributed by atoms with Crippen molar-refractivity contribution in [3.63, 3.8) is 0 Å². The van der Waals surface area contributed by atoms with Crippen LogP contribution in [-0.2, 0) is 19.0 Å². The normalized spacial score (nSPS) is 24.4. The molecule has 0 spiro atoms. The molecule has 2 atom stereocenters. The number of carbonyl (C=O) groups excluding carboxylic acids is 2. The van der Waals surface area contributed by atoms with E-state index in [1.165, 1.54) is 6.92 Å². The Morgan fingerprint density at radius 2 is 2.05 bits per heavy atom. The summed E-state index contributed by atoms with van der Waals surface area (Å²) in [5.74, 6) is -1.16. The van der Waals surface area contributed by atoms with Gasteiger partial charge >= 0.3 is 5.97 Å². The van der Waals surface area contributed by atoms with E-state index in [1.807, 2.05) is 12.1 Å². The van der Waals surface area contributed by atoms with E-state index in [-0.39, 0.29) is 12.6 Å². The fourth-order valence-corrected chi connectivity index (χ4v) is 2.30. The summed E-state index contributed by atoms with van der Waals surface area (Å²) in [6.45, 7) is 5.01. The molecule has 0 radical (unpaired) electrons. The Morgan fingerprint density at radius 1 is 1.35 bits per heavy atom. The van der Waals surface area contributed by atoms with E-state index in [2.05, 4.69) is 0 Å². The van der Waals surface area contributed by atoms with Gasteiger partial charge in [-0.25, -0.2) is 0 Å². The van der Waals surface area contributed by atoms with Gasteiger partial charge in [-0.2, -0.15) is 0 Å². The van der Waals surface area contributed by atoms with E-state index in [4.69, 9.17) is 14.2 Å². The van der Waals surface area contributed by atoms with Gasteiger partial charge < -0.3 is 14.2 Å². The second-order valence-corrected chi connectivity index (χ2v) is 5.14. The minimum Gasteiger partial charge on any atom is -0.463 e. The molecule has 0 amide bonds. The number of rotatable bonds is 4. The first kappa shape index (κ1) is 14.7. The van der Waals surface area contributed by atoms with Crippen LogP contribution in [0, 0.1) is 0 Å². The quantitative estimate of drug-likeness (QED) is 0.624. The van der Waals surface area contributed by atoms with Crippen molar-refractivity contribution in [2.75, 3.05) is 6.61 Å². The highest BCUT2D eigenvalue weighted by Gasteiger charge is 2.43. The smallest absolute Gasteiger partial charge is 0.302 e. The molecule has 108 valence electrons. The van der Waals surface area contributed by atoms with E-state index in [9.17, 15) is 9.59 Å². The van der Waals surface area contributed by atoms with Crippen LogP contribution in [-0.4, -0.2) is 30.8 Å². The van der Waals surface area contributed by atoms with E-state index < -0.39 is 18.0 Å². The van der Waals surface area contributed by atoms with Gasteiger partial charge in [0.25, 0.3) is 0 Å². The molecule has 0 unspecified atom stereocenters. The van der Waals surface area contributed by atoms with Crippen molar-refractivity contribution in [2.24, 2.45) is 0 Å². The molecule has 1 aliphatic rings. The largest absolute Gasteiger partial charge is 0.463 e.